The van der Waals surface area contributed by atoms with E-state index in [1.54, 1.807) is 12.1 Å². The molecule has 0 spiro atoms. The molecule has 5 heteroatoms. The molecule has 2 N–H and O–H groups in total. The molecule has 2 nitrogen and oxygen atoms in total. The minimum absolute atomic E-state index is 0.119. The highest BCUT2D eigenvalue weighted by Crippen LogP contribution is 2.29. The van der Waals surface area contributed by atoms with E-state index in [-0.39, 0.29) is 11.8 Å². The van der Waals surface area contributed by atoms with Crippen LogP contribution in [-0.4, -0.2) is 6.04 Å². The molecule has 0 saturated carbocycles. The predicted octanol–water partition coefficient (Wildman–Crippen LogP) is 4.80. The van der Waals surface area contributed by atoms with Crippen LogP contribution in [0.25, 0.3) is 0 Å². The lowest BCUT2D eigenvalue weighted by Crippen LogP contribution is -2.21. The predicted molar refractivity (Wildman–Crippen MR) is 82.5 cm³/mol. The third-order valence-corrected chi connectivity index (χ3v) is 3.59. The van der Waals surface area contributed by atoms with Crippen molar-refractivity contribution in [2.45, 2.75) is 25.8 Å². The Labute approximate surface area is 131 Å². The molecule has 0 amide bonds. The van der Waals surface area contributed by atoms with Gasteiger partial charge in [-0.15, -0.1) is 0 Å². The standard InChI is InChI=1S/C16H16BrF2NO/c1-2-12(20)7-10-3-5-13(6-4-10)21-15-9-11(17)8-14(18)16(15)19/h3-6,8-9,12H,2,7,20H2,1H3. The van der Waals surface area contributed by atoms with E-state index in [4.69, 9.17) is 10.5 Å². The lowest BCUT2D eigenvalue weighted by Gasteiger charge is -2.11. The van der Waals surface area contributed by atoms with Gasteiger partial charge in [0.25, 0.3) is 0 Å². The number of hydrogen-bond donors (Lipinski definition) is 1. The summed E-state index contributed by atoms with van der Waals surface area (Å²) in [6.45, 7) is 2.03. The van der Waals surface area contributed by atoms with E-state index >= 15 is 0 Å². The SMILES string of the molecule is CCC(N)Cc1ccc(Oc2cc(Br)cc(F)c2F)cc1. The van der Waals surface area contributed by atoms with Gasteiger partial charge in [0.1, 0.15) is 5.75 Å². The molecule has 0 aromatic heterocycles. The lowest BCUT2D eigenvalue weighted by atomic mass is 10.0. The molecule has 1 atom stereocenters. The van der Waals surface area contributed by atoms with Crippen molar-refractivity contribution in [1.82, 2.24) is 0 Å². The topological polar surface area (TPSA) is 35.2 Å². The normalized spacial score (nSPS) is 12.2. The number of nitrogens with two attached hydrogens (primary N) is 1. The number of benzene rings is 2. The van der Waals surface area contributed by atoms with Crippen LogP contribution in [0.1, 0.15) is 18.9 Å². The van der Waals surface area contributed by atoms with Crippen molar-refractivity contribution in [3.05, 3.63) is 58.1 Å². The van der Waals surface area contributed by atoms with Gasteiger partial charge in [0.15, 0.2) is 11.6 Å². The van der Waals surface area contributed by atoms with Gasteiger partial charge >= 0.3 is 0 Å². The summed E-state index contributed by atoms with van der Waals surface area (Å²) in [4.78, 5) is 0. The molecular weight excluding hydrogens is 340 g/mol. The van der Waals surface area contributed by atoms with Gasteiger partial charge in [0.2, 0.25) is 5.82 Å². The van der Waals surface area contributed by atoms with Gasteiger partial charge in [-0.1, -0.05) is 35.0 Å². The second-order valence-corrected chi connectivity index (χ2v) is 5.73. The Bertz CT molecular complexity index is 616. The minimum atomic E-state index is -1.00. The highest BCUT2D eigenvalue weighted by molar-refractivity contribution is 9.10. The van der Waals surface area contributed by atoms with E-state index < -0.39 is 11.6 Å². The zero-order valence-corrected chi connectivity index (χ0v) is 13.2. The average molecular weight is 356 g/mol. The monoisotopic (exact) mass is 355 g/mol. The van der Waals surface area contributed by atoms with E-state index in [9.17, 15) is 8.78 Å². The number of ether oxygens (including phenoxy) is 1. The summed E-state index contributed by atoms with van der Waals surface area (Å²) in [6.07, 6.45) is 1.68. The molecule has 0 aliphatic heterocycles. The van der Waals surface area contributed by atoms with Gasteiger partial charge in [-0.2, -0.15) is 4.39 Å². The summed E-state index contributed by atoms with van der Waals surface area (Å²) in [5, 5.41) is 0. The summed E-state index contributed by atoms with van der Waals surface area (Å²) in [7, 11) is 0. The highest BCUT2D eigenvalue weighted by Gasteiger charge is 2.12. The summed E-state index contributed by atoms with van der Waals surface area (Å²) < 4.78 is 32.7. The fourth-order valence-corrected chi connectivity index (χ4v) is 2.28. The van der Waals surface area contributed by atoms with Crippen molar-refractivity contribution < 1.29 is 13.5 Å². The number of halogens is 3. The summed E-state index contributed by atoms with van der Waals surface area (Å²) in [5.74, 6) is -1.67. The molecule has 0 bridgehead atoms. The maximum absolute atomic E-state index is 13.6. The van der Waals surface area contributed by atoms with Gasteiger partial charge in [-0.3, -0.25) is 0 Å². The maximum atomic E-state index is 13.6. The summed E-state index contributed by atoms with van der Waals surface area (Å²) >= 11 is 3.11. The first-order valence-corrected chi connectivity index (χ1v) is 7.45. The van der Waals surface area contributed by atoms with E-state index in [0.717, 1.165) is 24.5 Å². The quantitative estimate of drug-likeness (QED) is 0.781. The largest absolute Gasteiger partial charge is 0.454 e. The minimum Gasteiger partial charge on any atom is -0.454 e. The lowest BCUT2D eigenvalue weighted by molar-refractivity contribution is 0.415. The molecule has 0 heterocycles. The molecule has 21 heavy (non-hydrogen) atoms. The molecule has 0 aliphatic rings. The third-order valence-electron chi connectivity index (χ3n) is 3.13. The maximum Gasteiger partial charge on any atom is 0.201 e. The highest BCUT2D eigenvalue weighted by atomic mass is 79.9. The van der Waals surface area contributed by atoms with E-state index in [0.29, 0.717) is 10.2 Å². The van der Waals surface area contributed by atoms with Crippen LogP contribution in [0.3, 0.4) is 0 Å². The molecule has 2 rings (SSSR count). The van der Waals surface area contributed by atoms with E-state index in [1.807, 2.05) is 19.1 Å². The average Bonchev–Trinajstić information content (AvgIpc) is 2.46. The van der Waals surface area contributed by atoms with E-state index in [1.165, 1.54) is 6.07 Å². The van der Waals surface area contributed by atoms with Gasteiger partial charge in [0.05, 0.1) is 0 Å². The van der Waals surface area contributed by atoms with Crippen molar-refractivity contribution in [2.75, 3.05) is 0 Å². The molecule has 0 saturated heterocycles. The molecule has 2 aromatic carbocycles. The van der Waals surface area contributed by atoms with Crippen molar-refractivity contribution in [3.63, 3.8) is 0 Å². The zero-order valence-electron chi connectivity index (χ0n) is 11.6. The van der Waals surface area contributed by atoms with Crippen LogP contribution in [0.4, 0.5) is 8.78 Å². The molecule has 112 valence electrons. The van der Waals surface area contributed by atoms with Crippen LogP contribution in [0.15, 0.2) is 40.9 Å². The van der Waals surface area contributed by atoms with Crippen molar-refractivity contribution in [1.29, 1.82) is 0 Å². The summed E-state index contributed by atoms with van der Waals surface area (Å²) in [6, 6.07) is 9.74. The fourth-order valence-electron chi connectivity index (χ4n) is 1.87. The van der Waals surface area contributed by atoms with Crippen LogP contribution in [0.5, 0.6) is 11.5 Å². The summed E-state index contributed by atoms with van der Waals surface area (Å²) in [5.41, 5.74) is 6.97. The second-order valence-electron chi connectivity index (χ2n) is 4.82. The zero-order chi connectivity index (χ0) is 15.4. The molecule has 0 radical (unpaired) electrons. The van der Waals surface area contributed by atoms with Crippen LogP contribution in [-0.2, 0) is 6.42 Å². The Kier molecular flexibility index (Phi) is 5.31. The van der Waals surface area contributed by atoms with Crippen LogP contribution < -0.4 is 10.5 Å². The smallest absolute Gasteiger partial charge is 0.201 e. The fraction of sp³-hybridized carbons (Fsp3) is 0.250. The Morgan fingerprint density at radius 2 is 1.86 bits per heavy atom. The van der Waals surface area contributed by atoms with Gasteiger partial charge in [0, 0.05) is 10.5 Å². The Morgan fingerprint density at radius 3 is 2.48 bits per heavy atom. The van der Waals surface area contributed by atoms with Crippen LogP contribution in [0, 0.1) is 11.6 Å². The van der Waals surface area contributed by atoms with Crippen molar-refractivity contribution >= 4 is 15.9 Å². The number of hydrogen-bond acceptors (Lipinski definition) is 2. The van der Waals surface area contributed by atoms with Gasteiger partial charge in [-0.25, -0.2) is 4.39 Å². The Hall–Kier alpha value is -1.46. The molecular formula is C16H16BrF2NO. The molecule has 2 aromatic rings. The second kappa shape index (κ2) is 7.00. The first-order chi connectivity index (χ1) is 9.99. The molecule has 0 fully saturated rings. The molecule has 0 aliphatic carbocycles. The molecule has 1 unspecified atom stereocenters. The third kappa shape index (κ3) is 4.25. The van der Waals surface area contributed by atoms with Crippen molar-refractivity contribution in [3.8, 4) is 11.5 Å². The Balaban J connectivity index is 2.14. The van der Waals surface area contributed by atoms with Gasteiger partial charge < -0.3 is 10.5 Å². The van der Waals surface area contributed by atoms with Crippen LogP contribution in [0.2, 0.25) is 0 Å². The first-order valence-electron chi connectivity index (χ1n) is 6.66. The van der Waals surface area contributed by atoms with Crippen molar-refractivity contribution in [2.24, 2.45) is 5.73 Å². The van der Waals surface area contributed by atoms with Crippen LogP contribution >= 0.6 is 15.9 Å². The van der Waals surface area contributed by atoms with Gasteiger partial charge in [-0.05, 0) is 42.7 Å². The van der Waals surface area contributed by atoms with E-state index in [2.05, 4.69) is 15.9 Å². The number of rotatable bonds is 5. The Morgan fingerprint density at radius 1 is 1.19 bits per heavy atom. The first kappa shape index (κ1) is 15.9.